The number of hydrogen-bond donors (Lipinski definition) is 1. The smallest absolute Gasteiger partial charge is 0.244 e. The number of carbonyl (C=O) groups is 1. The molecule has 140 valence electrons. The largest absolute Gasteiger partial charge is 0.378 e. The highest BCUT2D eigenvalue weighted by Crippen LogP contribution is 2.14. The van der Waals surface area contributed by atoms with Gasteiger partial charge >= 0.3 is 0 Å². The Labute approximate surface area is 163 Å². The zero-order chi connectivity index (χ0) is 16.5. The number of piperidine rings is 2. The molecule has 2 heterocycles. The van der Waals surface area contributed by atoms with Crippen LogP contribution in [0.1, 0.15) is 46.0 Å². The second-order valence-electron chi connectivity index (χ2n) is 6.25. The van der Waals surface area contributed by atoms with Gasteiger partial charge in [-0.2, -0.15) is 0 Å². The van der Waals surface area contributed by atoms with Crippen LogP contribution in [0.15, 0.2) is 4.99 Å². The third-order valence-corrected chi connectivity index (χ3v) is 4.55. The van der Waals surface area contributed by atoms with Crippen molar-refractivity contribution in [1.29, 1.82) is 0 Å². The van der Waals surface area contributed by atoms with E-state index in [9.17, 15) is 4.79 Å². The Morgan fingerprint density at radius 3 is 2.33 bits per heavy atom. The molecule has 0 atom stereocenters. The minimum Gasteiger partial charge on any atom is -0.378 e. The van der Waals surface area contributed by atoms with E-state index in [1.165, 1.54) is 6.42 Å². The van der Waals surface area contributed by atoms with Crippen LogP contribution < -0.4 is 5.32 Å². The lowest BCUT2D eigenvalue weighted by Gasteiger charge is -2.34. The van der Waals surface area contributed by atoms with Crippen LogP contribution in [0.3, 0.4) is 0 Å². The van der Waals surface area contributed by atoms with E-state index in [0.29, 0.717) is 6.10 Å². The number of hydrogen-bond acceptors (Lipinski definition) is 3. The Morgan fingerprint density at radius 1 is 1.08 bits per heavy atom. The standard InChI is InChI=1S/C17H32N4O2.HI/c1-3-18-17(21-12-8-15(9-13-21)23-4-2)19-14-16(22)20-10-6-5-7-11-20;/h15H,3-14H2,1-2H3,(H,18,19);1H. The van der Waals surface area contributed by atoms with Crippen LogP contribution in [-0.2, 0) is 9.53 Å². The molecule has 6 nitrogen and oxygen atoms in total. The number of nitrogens with zero attached hydrogens (tertiary/aromatic N) is 3. The summed E-state index contributed by atoms with van der Waals surface area (Å²) in [6, 6.07) is 0. The Kier molecular flexibility index (Phi) is 10.6. The summed E-state index contributed by atoms with van der Waals surface area (Å²) in [5.74, 6) is 1.03. The van der Waals surface area contributed by atoms with Gasteiger partial charge in [-0.15, -0.1) is 24.0 Å². The summed E-state index contributed by atoms with van der Waals surface area (Å²) in [6.45, 7) is 9.64. The van der Waals surface area contributed by atoms with E-state index in [4.69, 9.17) is 4.74 Å². The van der Waals surface area contributed by atoms with Crippen molar-refractivity contribution in [3.05, 3.63) is 0 Å². The number of rotatable bonds is 5. The summed E-state index contributed by atoms with van der Waals surface area (Å²) in [5, 5.41) is 3.32. The molecule has 24 heavy (non-hydrogen) atoms. The maximum atomic E-state index is 12.3. The van der Waals surface area contributed by atoms with Crippen LogP contribution in [0.25, 0.3) is 0 Å². The number of guanidine groups is 1. The topological polar surface area (TPSA) is 57.2 Å². The van der Waals surface area contributed by atoms with Crippen molar-refractivity contribution in [3.8, 4) is 0 Å². The summed E-state index contributed by atoms with van der Waals surface area (Å²) >= 11 is 0. The third kappa shape index (κ3) is 6.74. The highest BCUT2D eigenvalue weighted by atomic mass is 127. The molecule has 0 radical (unpaired) electrons. The predicted octanol–water partition coefficient (Wildman–Crippen LogP) is 2.08. The molecule has 0 aromatic heterocycles. The number of halogens is 1. The zero-order valence-electron chi connectivity index (χ0n) is 15.1. The first kappa shape index (κ1) is 21.5. The molecular formula is C17H33IN4O2. The van der Waals surface area contributed by atoms with Gasteiger partial charge in [0.15, 0.2) is 5.96 Å². The van der Waals surface area contributed by atoms with E-state index in [-0.39, 0.29) is 36.4 Å². The first-order chi connectivity index (χ1) is 11.2. The molecule has 1 N–H and O–H groups in total. The number of likely N-dealkylation sites (tertiary alicyclic amines) is 2. The summed E-state index contributed by atoms with van der Waals surface area (Å²) in [6.07, 6.45) is 5.91. The molecule has 0 aromatic rings. The third-order valence-electron chi connectivity index (χ3n) is 4.55. The molecule has 1 amide bonds. The van der Waals surface area contributed by atoms with Gasteiger partial charge in [0.05, 0.1) is 6.10 Å². The normalized spacial score (nSPS) is 19.8. The molecular weight excluding hydrogens is 419 g/mol. The summed E-state index contributed by atoms with van der Waals surface area (Å²) in [4.78, 5) is 21.1. The lowest BCUT2D eigenvalue weighted by Crippen LogP contribution is -2.47. The van der Waals surface area contributed by atoms with Gasteiger partial charge in [0.25, 0.3) is 0 Å². The molecule has 0 saturated carbocycles. The van der Waals surface area contributed by atoms with Gasteiger partial charge in [-0.25, -0.2) is 4.99 Å². The molecule has 0 unspecified atom stereocenters. The van der Waals surface area contributed by atoms with Crippen molar-refractivity contribution in [1.82, 2.24) is 15.1 Å². The van der Waals surface area contributed by atoms with Gasteiger partial charge in [-0.05, 0) is 46.0 Å². The van der Waals surface area contributed by atoms with Gasteiger partial charge < -0.3 is 19.9 Å². The first-order valence-corrected chi connectivity index (χ1v) is 9.17. The van der Waals surface area contributed by atoms with Crippen molar-refractivity contribution >= 4 is 35.8 Å². The number of amides is 1. The van der Waals surface area contributed by atoms with E-state index in [1.54, 1.807) is 0 Å². The minimum atomic E-state index is 0. The van der Waals surface area contributed by atoms with Crippen molar-refractivity contribution in [2.24, 2.45) is 4.99 Å². The monoisotopic (exact) mass is 452 g/mol. The van der Waals surface area contributed by atoms with Crippen LogP contribution in [0.2, 0.25) is 0 Å². The fraction of sp³-hybridized carbons (Fsp3) is 0.882. The molecule has 0 bridgehead atoms. The van der Waals surface area contributed by atoms with Crippen molar-refractivity contribution in [2.45, 2.75) is 52.1 Å². The lowest BCUT2D eigenvalue weighted by molar-refractivity contribution is -0.130. The minimum absolute atomic E-state index is 0. The molecule has 2 saturated heterocycles. The van der Waals surface area contributed by atoms with Gasteiger partial charge in [0.1, 0.15) is 6.54 Å². The van der Waals surface area contributed by atoms with Crippen LogP contribution in [0.4, 0.5) is 0 Å². The summed E-state index contributed by atoms with van der Waals surface area (Å²) in [7, 11) is 0. The second-order valence-corrected chi connectivity index (χ2v) is 6.25. The fourth-order valence-corrected chi connectivity index (χ4v) is 3.28. The Morgan fingerprint density at radius 2 is 1.75 bits per heavy atom. The number of aliphatic imine (C=N–C) groups is 1. The Hall–Kier alpha value is -0.570. The van der Waals surface area contributed by atoms with Gasteiger partial charge in [-0.3, -0.25) is 4.79 Å². The maximum Gasteiger partial charge on any atom is 0.244 e. The molecule has 2 rings (SSSR count). The molecule has 0 aromatic carbocycles. The first-order valence-electron chi connectivity index (χ1n) is 9.17. The van der Waals surface area contributed by atoms with Gasteiger partial charge in [0, 0.05) is 39.3 Å². The predicted molar refractivity (Wildman–Crippen MR) is 108 cm³/mol. The summed E-state index contributed by atoms with van der Waals surface area (Å²) in [5.41, 5.74) is 0. The maximum absolute atomic E-state index is 12.3. The van der Waals surface area contributed by atoms with Crippen LogP contribution in [-0.4, -0.2) is 73.6 Å². The van der Waals surface area contributed by atoms with Crippen molar-refractivity contribution in [2.75, 3.05) is 45.9 Å². The molecule has 2 aliphatic heterocycles. The van der Waals surface area contributed by atoms with E-state index >= 15 is 0 Å². The highest BCUT2D eigenvalue weighted by Gasteiger charge is 2.22. The molecule has 0 aliphatic carbocycles. The average Bonchev–Trinajstić information content (AvgIpc) is 2.60. The molecule has 7 heteroatoms. The average molecular weight is 452 g/mol. The SMILES string of the molecule is CCNC(=NCC(=O)N1CCCCC1)N1CCC(OCC)CC1.I. The fourth-order valence-electron chi connectivity index (χ4n) is 3.28. The molecule has 2 fully saturated rings. The number of ether oxygens (including phenoxy) is 1. The molecule has 2 aliphatic rings. The summed E-state index contributed by atoms with van der Waals surface area (Å²) < 4.78 is 5.70. The van der Waals surface area contributed by atoms with Crippen LogP contribution >= 0.6 is 24.0 Å². The van der Waals surface area contributed by atoms with Crippen molar-refractivity contribution < 1.29 is 9.53 Å². The number of carbonyl (C=O) groups excluding carboxylic acids is 1. The van der Waals surface area contributed by atoms with E-state index in [2.05, 4.69) is 22.1 Å². The number of nitrogens with one attached hydrogen (secondary N) is 1. The van der Waals surface area contributed by atoms with Crippen LogP contribution in [0, 0.1) is 0 Å². The van der Waals surface area contributed by atoms with Gasteiger partial charge in [-0.1, -0.05) is 0 Å². The van der Waals surface area contributed by atoms with E-state index in [0.717, 1.165) is 71.0 Å². The van der Waals surface area contributed by atoms with Crippen molar-refractivity contribution in [3.63, 3.8) is 0 Å². The van der Waals surface area contributed by atoms with E-state index < -0.39 is 0 Å². The lowest BCUT2D eigenvalue weighted by atomic mass is 10.1. The quantitative estimate of drug-likeness (QED) is 0.395. The van der Waals surface area contributed by atoms with Crippen LogP contribution in [0.5, 0.6) is 0 Å². The van der Waals surface area contributed by atoms with E-state index in [1.807, 2.05) is 11.8 Å². The second kappa shape index (κ2) is 11.9. The molecule has 0 spiro atoms. The van der Waals surface area contributed by atoms with Gasteiger partial charge in [0.2, 0.25) is 5.91 Å². The Bertz CT molecular complexity index is 392. The zero-order valence-corrected chi connectivity index (χ0v) is 17.5. The Balaban J connectivity index is 0.00000288. The highest BCUT2D eigenvalue weighted by molar-refractivity contribution is 14.0.